The summed E-state index contributed by atoms with van der Waals surface area (Å²) in [6.07, 6.45) is 3.60. The molecule has 0 saturated heterocycles. The van der Waals surface area contributed by atoms with Crippen molar-refractivity contribution < 1.29 is 0 Å². The van der Waals surface area contributed by atoms with E-state index in [2.05, 4.69) is 21.9 Å². The number of benzene rings is 2. The third-order valence-electron chi connectivity index (χ3n) is 4.21. The van der Waals surface area contributed by atoms with Gasteiger partial charge >= 0.3 is 0 Å². The van der Waals surface area contributed by atoms with Crippen LogP contribution in [0.25, 0.3) is 32.9 Å². The number of aromatic nitrogens is 3. The van der Waals surface area contributed by atoms with E-state index in [0.717, 1.165) is 40.6 Å². The fourth-order valence-corrected chi connectivity index (χ4v) is 3.10. The van der Waals surface area contributed by atoms with Gasteiger partial charge in [0.15, 0.2) is 0 Å². The number of nitrogens with zero attached hydrogens (tertiary/aromatic N) is 2. The summed E-state index contributed by atoms with van der Waals surface area (Å²) in [7, 11) is 0. The SMILES string of the molecule is CCCc1ncc2c(n1)[nH]c(=O)c1c(-c3ccccc3)cccc12. The molecule has 0 fully saturated rings. The molecule has 2 aromatic carbocycles. The van der Waals surface area contributed by atoms with Gasteiger partial charge < -0.3 is 4.98 Å². The summed E-state index contributed by atoms with van der Waals surface area (Å²) in [5, 5.41) is 2.45. The highest BCUT2D eigenvalue weighted by Crippen LogP contribution is 2.29. The number of hydrogen-bond donors (Lipinski definition) is 1. The van der Waals surface area contributed by atoms with Crippen LogP contribution in [0.2, 0.25) is 0 Å². The minimum atomic E-state index is -0.113. The van der Waals surface area contributed by atoms with Gasteiger partial charge in [0.2, 0.25) is 0 Å². The van der Waals surface area contributed by atoms with Gasteiger partial charge in [-0.05, 0) is 17.5 Å². The third kappa shape index (κ3) is 2.36. The maximum Gasteiger partial charge on any atom is 0.258 e. The first-order valence-electron chi connectivity index (χ1n) is 8.14. The Hall–Kier alpha value is -3.01. The van der Waals surface area contributed by atoms with Gasteiger partial charge in [-0.3, -0.25) is 4.79 Å². The molecule has 1 N–H and O–H groups in total. The lowest BCUT2D eigenvalue weighted by Gasteiger charge is -2.09. The van der Waals surface area contributed by atoms with Crippen molar-refractivity contribution in [1.82, 2.24) is 15.0 Å². The second-order valence-electron chi connectivity index (χ2n) is 5.85. The van der Waals surface area contributed by atoms with E-state index in [1.54, 1.807) is 0 Å². The first-order valence-corrected chi connectivity index (χ1v) is 8.14. The zero-order valence-electron chi connectivity index (χ0n) is 13.4. The van der Waals surface area contributed by atoms with Crippen LogP contribution in [0, 0.1) is 0 Å². The highest BCUT2D eigenvalue weighted by atomic mass is 16.1. The van der Waals surface area contributed by atoms with E-state index in [1.807, 2.05) is 54.7 Å². The average molecular weight is 315 g/mol. The lowest BCUT2D eigenvalue weighted by atomic mass is 9.98. The maximum absolute atomic E-state index is 12.7. The molecule has 4 heteroatoms. The van der Waals surface area contributed by atoms with E-state index in [-0.39, 0.29) is 5.56 Å². The third-order valence-corrected chi connectivity index (χ3v) is 4.21. The predicted molar refractivity (Wildman–Crippen MR) is 97.1 cm³/mol. The predicted octanol–water partition coefficient (Wildman–Crippen LogP) is 4.09. The summed E-state index contributed by atoms with van der Waals surface area (Å²) in [5.41, 5.74) is 2.44. The van der Waals surface area contributed by atoms with E-state index in [9.17, 15) is 4.79 Å². The summed E-state index contributed by atoms with van der Waals surface area (Å²) in [6, 6.07) is 15.9. The Morgan fingerprint density at radius 1 is 1.00 bits per heavy atom. The molecule has 0 saturated carbocycles. The molecule has 0 bridgehead atoms. The molecule has 2 aromatic heterocycles. The highest BCUT2D eigenvalue weighted by molar-refractivity contribution is 6.09. The van der Waals surface area contributed by atoms with Gasteiger partial charge in [0.05, 0.1) is 5.39 Å². The number of hydrogen-bond acceptors (Lipinski definition) is 3. The number of rotatable bonds is 3. The molecule has 24 heavy (non-hydrogen) atoms. The summed E-state index contributed by atoms with van der Waals surface area (Å²) < 4.78 is 0. The normalized spacial score (nSPS) is 11.2. The van der Waals surface area contributed by atoms with Crippen LogP contribution >= 0.6 is 0 Å². The fraction of sp³-hybridized carbons (Fsp3) is 0.150. The smallest absolute Gasteiger partial charge is 0.258 e. The molecular weight excluding hydrogens is 298 g/mol. The number of nitrogens with one attached hydrogen (secondary N) is 1. The van der Waals surface area contributed by atoms with Crippen LogP contribution in [0.3, 0.4) is 0 Å². The fourth-order valence-electron chi connectivity index (χ4n) is 3.10. The van der Waals surface area contributed by atoms with Crippen LogP contribution in [0.4, 0.5) is 0 Å². The Labute approximate surface area is 139 Å². The summed E-state index contributed by atoms with van der Waals surface area (Å²) >= 11 is 0. The van der Waals surface area contributed by atoms with Crippen molar-refractivity contribution in [3.8, 4) is 11.1 Å². The average Bonchev–Trinajstić information content (AvgIpc) is 2.62. The zero-order valence-corrected chi connectivity index (χ0v) is 13.4. The molecule has 0 unspecified atom stereocenters. The monoisotopic (exact) mass is 315 g/mol. The Kier molecular flexibility index (Phi) is 3.58. The largest absolute Gasteiger partial charge is 0.306 e. The summed E-state index contributed by atoms with van der Waals surface area (Å²) in [5.74, 6) is 0.763. The van der Waals surface area contributed by atoms with Crippen LogP contribution in [0.5, 0.6) is 0 Å². The van der Waals surface area contributed by atoms with Crippen LogP contribution in [0.15, 0.2) is 59.5 Å². The molecule has 118 valence electrons. The van der Waals surface area contributed by atoms with Crippen LogP contribution in [0.1, 0.15) is 19.2 Å². The Bertz CT molecular complexity index is 1080. The van der Waals surface area contributed by atoms with Gasteiger partial charge in [0, 0.05) is 23.4 Å². The molecular formula is C20H17N3O. The van der Waals surface area contributed by atoms with Gasteiger partial charge in [0.25, 0.3) is 5.56 Å². The standard InChI is InChI=1S/C20H17N3O/c1-2-7-17-21-12-16-15-11-6-10-14(13-8-4-3-5-9-13)18(15)20(24)23-19(16)22-17/h3-6,8-12H,2,7H2,1H3,(H,21,22,23,24). The van der Waals surface area contributed by atoms with E-state index in [0.29, 0.717) is 11.0 Å². The first-order chi connectivity index (χ1) is 11.8. The van der Waals surface area contributed by atoms with Gasteiger partial charge in [0.1, 0.15) is 11.5 Å². The summed E-state index contributed by atoms with van der Waals surface area (Å²) in [4.78, 5) is 24.6. The summed E-state index contributed by atoms with van der Waals surface area (Å²) in [6.45, 7) is 2.09. The maximum atomic E-state index is 12.7. The van der Waals surface area contributed by atoms with Crippen LogP contribution in [-0.2, 0) is 6.42 Å². The van der Waals surface area contributed by atoms with Gasteiger partial charge in [-0.25, -0.2) is 9.97 Å². The van der Waals surface area contributed by atoms with Crippen molar-refractivity contribution in [2.24, 2.45) is 0 Å². The van der Waals surface area contributed by atoms with Crippen molar-refractivity contribution in [3.63, 3.8) is 0 Å². The Morgan fingerprint density at radius 2 is 1.83 bits per heavy atom. The minimum Gasteiger partial charge on any atom is -0.306 e. The lowest BCUT2D eigenvalue weighted by molar-refractivity contribution is 0.841. The Balaban J connectivity index is 2.06. The van der Waals surface area contributed by atoms with Gasteiger partial charge in [-0.1, -0.05) is 55.5 Å². The minimum absolute atomic E-state index is 0.113. The second-order valence-corrected chi connectivity index (χ2v) is 5.85. The van der Waals surface area contributed by atoms with Crippen LogP contribution < -0.4 is 5.56 Å². The molecule has 0 aliphatic rings. The topological polar surface area (TPSA) is 58.6 Å². The van der Waals surface area contributed by atoms with E-state index >= 15 is 0 Å². The molecule has 2 heterocycles. The van der Waals surface area contributed by atoms with Gasteiger partial charge in [-0.2, -0.15) is 0 Å². The number of aromatic amines is 1. The number of pyridine rings is 1. The Morgan fingerprint density at radius 3 is 2.62 bits per heavy atom. The van der Waals surface area contributed by atoms with E-state index in [1.165, 1.54) is 0 Å². The van der Waals surface area contributed by atoms with Crippen molar-refractivity contribution in [2.75, 3.05) is 0 Å². The highest BCUT2D eigenvalue weighted by Gasteiger charge is 2.12. The molecule has 0 radical (unpaired) electrons. The van der Waals surface area contributed by atoms with Crippen molar-refractivity contribution in [1.29, 1.82) is 0 Å². The van der Waals surface area contributed by atoms with E-state index < -0.39 is 0 Å². The zero-order chi connectivity index (χ0) is 16.5. The van der Waals surface area contributed by atoms with Gasteiger partial charge in [-0.15, -0.1) is 0 Å². The molecule has 0 aliphatic heterocycles. The molecule has 4 nitrogen and oxygen atoms in total. The van der Waals surface area contributed by atoms with Crippen molar-refractivity contribution in [2.45, 2.75) is 19.8 Å². The molecule has 0 atom stereocenters. The molecule has 4 rings (SSSR count). The quantitative estimate of drug-likeness (QED) is 0.579. The number of H-pyrrole nitrogens is 1. The second kappa shape index (κ2) is 5.89. The molecule has 0 aliphatic carbocycles. The van der Waals surface area contributed by atoms with E-state index in [4.69, 9.17) is 0 Å². The molecule has 0 spiro atoms. The molecule has 0 amide bonds. The first kappa shape index (κ1) is 14.6. The van der Waals surface area contributed by atoms with Crippen LogP contribution in [-0.4, -0.2) is 15.0 Å². The number of fused-ring (bicyclic) bond motifs is 3. The lowest BCUT2D eigenvalue weighted by Crippen LogP contribution is -2.10. The number of aryl methyl sites for hydroxylation is 1. The molecule has 4 aromatic rings. The van der Waals surface area contributed by atoms with Crippen molar-refractivity contribution in [3.05, 3.63) is 70.9 Å². The van der Waals surface area contributed by atoms with Crippen molar-refractivity contribution >= 4 is 21.8 Å².